The maximum Gasteiger partial charge on any atom is 0.407 e. The molecule has 1 amide bonds. The summed E-state index contributed by atoms with van der Waals surface area (Å²) in [6, 6.07) is 0. The van der Waals surface area contributed by atoms with Crippen molar-refractivity contribution in [1.29, 1.82) is 0 Å². The van der Waals surface area contributed by atoms with Gasteiger partial charge in [-0.05, 0) is 24.7 Å². The van der Waals surface area contributed by atoms with E-state index in [9.17, 15) is 4.79 Å². The molecule has 0 bridgehead atoms. The number of nitrogens with zero attached hydrogens (tertiary/aromatic N) is 1. The van der Waals surface area contributed by atoms with Crippen molar-refractivity contribution in [3.8, 4) is 0 Å². The lowest BCUT2D eigenvalue weighted by molar-refractivity contribution is 0.154. The van der Waals surface area contributed by atoms with E-state index in [4.69, 9.17) is 5.11 Å². The Bertz CT molecular complexity index is 157. The SMILES string of the molecule is O=C(O)N1CC2CCC2C1. The summed E-state index contributed by atoms with van der Waals surface area (Å²) in [6.07, 6.45) is 1.75. The molecular weight excluding hydrogens is 130 g/mol. The summed E-state index contributed by atoms with van der Waals surface area (Å²) >= 11 is 0. The molecule has 1 aliphatic carbocycles. The van der Waals surface area contributed by atoms with E-state index in [0.717, 1.165) is 13.1 Å². The van der Waals surface area contributed by atoms with Gasteiger partial charge in [0.15, 0.2) is 0 Å². The summed E-state index contributed by atoms with van der Waals surface area (Å²) in [5.74, 6) is 1.41. The molecule has 3 heteroatoms. The van der Waals surface area contributed by atoms with E-state index < -0.39 is 6.09 Å². The molecule has 2 atom stereocenters. The number of likely N-dealkylation sites (tertiary alicyclic amines) is 1. The average Bonchev–Trinajstić information content (AvgIpc) is 2.09. The first-order valence-electron chi connectivity index (χ1n) is 3.75. The van der Waals surface area contributed by atoms with Gasteiger partial charge in [0, 0.05) is 13.1 Å². The lowest BCUT2D eigenvalue weighted by Crippen LogP contribution is -2.26. The van der Waals surface area contributed by atoms with Crippen molar-refractivity contribution in [3.63, 3.8) is 0 Å². The van der Waals surface area contributed by atoms with Gasteiger partial charge in [-0.2, -0.15) is 0 Å². The monoisotopic (exact) mass is 141 g/mol. The summed E-state index contributed by atoms with van der Waals surface area (Å²) in [7, 11) is 0. The average molecular weight is 141 g/mol. The molecule has 0 aromatic rings. The predicted octanol–water partition coefficient (Wildman–Crippen LogP) is 1.01. The number of carboxylic acid groups (broad SMARTS) is 1. The minimum Gasteiger partial charge on any atom is -0.465 e. The second kappa shape index (κ2) is 1.87. The topological polar surface area (TPSA) is 40.5 Å². The van der Waals surface area contributed by atoms with Crippen molar-refractivity contribution < 1.29 is 9.90 Å². The summed E-state index contributed by atoms with van der Waals surface area (Å²) in [5.41, 5.74) is 0. The zero-order chi connectivity index (χ0) is 7.14. The van der Waals surface area contributed by atoms with Crippen LogP contribution in [-0.4, -0.2) is 29.2 Å². The number of hydrogen-bond donors (Lipinski definition) is 1. The molecule has 1 aliphatic heterocycles. The highest BCUT2D eigenvalue weighted by Gasteiger charge is 2.40. The third-order valence-electron chi connectivity index (χ3n) is 2.76. The maximum absolute atomic E-state index is 10.4. The van der Waals surface area contributed by atoms with Gasteiger partial charge in [0.1, 0.15) is 0 Å². The fourth-order valence-electron chi connectivity index (χ4n) is 1.92. The number of carbonyl (C=O) groups is 1. The normalized spacial score (nSPS) is 37.0. The number of rotatable bonds is 0. The van der Waals surface area contributed by atoms with Crippen LogP contribution in [0, 0.1) is 11.8 Å². The van der Waals surface area contributed by atoms with E-state index in [1.54, 1.807) is 4.90 Å². The summed E-state index contributed by atoms with van der Waals surface area (Å²) in [4.78, 5) is 12.0. The van der Waals surface area contributed by atoms with Crippen LogP contribution in [0.2, 0.25) is 0 Å². The molecule has 2 rings (SSSR count). The van der Waals surface area contributed by atoms with Crippen LogP contribution in [0.25, 0.3) is 0 Å². The summed E-state index contributed by atoms with van der Waals surface area (Å²) < 4.78 is 0. The molecule has 0 radical (unpaired) electrons. The molecule has 1 N–H and O–H groups in total. The van der Waals surface area contributed by atoms with Crippen LogP contribution in [0.1, 0.15) is 12.8 Å². The van der Waals surface area contributed by atoms with Gasteiger partial charge in [0.05, 0.1) is 0 Å². The molecule has 0 spiro atoms. The number of fused-ring (bicyclic) bond motifs is 1. The molecule has 1 saturated carbocycles. The molecule has 2 unspecified atom stereocenters. The molecule has 56 valence electrons. The van der Waals surface area contributed by atoms with Gasteiger partial charge in [-0.1, -0.05) is 0 Å². The van der Waals surface area contributed by atoms with Crippen LogP contribution in [0.3, 0.4) is 0 Å². The third kappa shape index (κ3) is 0.696. The summed E-state index contributed by atoms with van der Waals surface area (Å²) in [5, 5.41) is 8.60. The Morgan fingerprint density at radius 1 is 1.30 bits per heavy atom. The maximum atomic E-state index is 10.4. The first-order chi connectivity index (χ1) is 4.77. The molecule has 0 aromatic heterocycles. The van der Waals surface area contributed by atoms with E-state index in [2.05, 4.69) is 0 Å². The van der Waals surface area contributed by atoms with E-state index in [1.165, 1.54) is 12.8 Å². The lowest BCUT2D eigenvalue weighted by Gasteiger charge is -2.27. The second-order valence-corrected chi connectivity index (χ2v) is 3.29. The van der Waals surface area contributed by atoms with Crippen molar-refractivity contribution in [2.24, 2.45) is 11.8 Å². The van der Waals surface area contributed by atoms with Gasteiger partial charge < -0.3 is 10.0 Å². The van der Waals surface area contributed by atoms with Gasteiger partial charge in [-0.15, -0.1) is 0 Å². The Morgan fingerprint density at radius 3 is 2.10 bits per heavy atom. The molecular formula is C7H11NO2. The lowest BCUT2D eigenvalue weighted by atomic mass is 9.77. The van der Waals surface area contributed by atoms with Gasteiger partial charge in [-0.3, -0.25) is 0 Å². The minimum absolute atomic E-state index is 0.705. The van der Waals surface area contributed by atoms with Crippen LogP contribution in [0.4, 0.5) is 4.79 Å². The van der Waals surface area contributed by atoms with Crippen molar-refractivity contribution in [1.82, 2.24) is 4.90 Å². The Kier molecular flexibility index (Phi) is 1.13. The van der Waals surface area contributed by atoms with Crippen molar-refractivity contribution >= 4 is 6.09 Å². The zero-order valence-electron chi connectivity index (χ0n) is 5.79. The second-order valence-electron chi connectivity index (χ2n) is 3.29. The molecule has 1 heterocycles. The molecule has 3 nitrogen and oxygen atoms in total. The van der Waals surface area contributed by atoms with E-state index >= 15 is 0 Å². The predicted molar refractivity (Wildman–Crippen MR) is 35.8 cm³/mol. The zero-order valence-corrected chi connectivity index (χ0v) is 5.79. The van der Waals surface area contributed by atoms with E-state index in [0.29, 0.717) is 11.8 Å². The molecule has 1 saturated heterocycles. The van der Waals surface area contributed by atoms with Crippen LogP contribution in [0.5, 0.6) is 0 Å². The Morgan fingerprint density at radius 2 is 1.80 bits per heavy atom. The van der Waals surface area contributed by atoms with Crippen LogP contribution in [0.15, 0.2) is 0 Å². The van der Waals surface area contributed by atoms with E-state index in [-0.39, 0.29) is 0 Å². The Labute approximate surface area is 59.6 Å². The molecule has 10 heavy (non-hydrogen) atoms. The smallest absolute Gasteiger partial charge is 0.407 e. The largest absolute Gasteiger partial charge is 0.465 e. The first-order valence-corrected chi connectivity index (χ1v) is 3.75. The fraction of sp³-hybridized carbons (Fsp3) is 0.857. The highest BCUT2D eigenvalue weighted by atomic mass is 16.4. The number of amides is 1. The van der Waals surface area contributed by atoms with Gasteiger partial charge in [0.2, 0.25) is 0 Å². The molecule has 2 fully saturated rings. The van der Waals surface area contributed by atoms with Crippen LogP contribution < -0.4 is 0 Å². The van der Waals surface area contributed by atoms with Gasteiger partial charge in [0.25, 0.3) is 0 Å². The number of hydrogen-bond acceptors (Lipinski definition) is 1. The van der Waals surface area contributed by atoms with Gasteiger partial charge in [-0.25, -0.2) is 4.79 Å². The van der Waals surface area contributed by atoms with Crippen LogP contribution in [-0.2, 0) is 0 Å². The standard InChI is InChI=1S/C7H11NO2/c9-7(10)8-3-5-1-2-6(5)4-8/h5-6H,1-4H2,(H,9,10). The fourth-order valence-corrected chi connectivity index (χ4v) is 1.92. The van der Waals surface area contributed by atoms with Crippen molar-refractivity contribution in [3.05, 3.63) is 0 Å². The van der Waals surface area contributed by atoms with Crippen LogP contribution >= 0.6 is 0 Å². The quantitative estimate of drug-likeness (QED) is 0.546. The van der Waals surface area contributed by atoms with Crippen molar-refractivity contribution in [2.75, 3.05) is 13.1 Å². The van der Waals surface area contributed by atoms with Crippen molar-refractivity contribution in [2.45, 2.75) is 12.8 Å². The molecule has 2 aliphatic rings. The highest BCUT2D eigenvalue weighted by molar-refractivity contribution is 5.65. The first kappa shape index (κ1) is 6.01. The van der Waals surface area contributed by atoms with E-state index in [1.807, 2.05) is 0 Å². The Balaban J connectivity index is 1.98. The Hall–Kier alpha value is -0.730. The van der Waals surface area contributed by atoms with Gasteiger partial charge >= 0.3 is 6.09 Å². The summed E-state index contributed by atoms with van der Waals surface area (Å²) in [6.45, 7) is 1.58. The minimum atomic E-state index is -0.741. The third-order valence-corrected chi connectivity index (χ3v) is 2.76. The highest BCUT2D eigenvalue weighted by Crippen LogP contribution is 2.40. The molecule has 0 aromatic carbocycles.